The van der Waals surface area contributed by atoms with Gasteiger partial charge in [-0.1, -0.05) is 49.9 Å². The summed E-state index contributed by atoms with van der Waals surface area (Å²) in [4.78, 5) is 12.4. The Morgan fingerprint density at radius 2 is 1.66 bits per heavy atom. The van der Waals surface area contributed by atoms with Crippen LogP contribution in [0, 0.1) is 0 Å². The van der Waals surface area contributed by atoms with Crippen molar-refractivity contribution in [1.82, 2.24) is 9.78 Å². The van der Waals surface area contributed by atoms with Crippen molar-refractivity contribution in [3.8, 4) is 22.4 Å². The van der Waals surface area contributed by atoms with Crippen molar-refractivity contribution in [2.24, 2.45) is 0 Å². The van der Waals surface area contributed by atoms with Crippen molar-refractivity contribution in [2.45, 2.75) is 38.6 Å². The van der Waals surface area contributed by atoms with Gasteiger partial charge in [0, 0.05) is 6.26 Å². The molecule has 0 amide bonds. The number of allylic oxidation sites excluding steroid dienone is 1. The molecule has 0 atom stereocenters. The number of benzene rings is 2. The van der Waals surface area contributed by atoms with E-state index in [1.165, 1.54) is 6.26 Å². The summed E-state index contributed by atoms with van der Waals surface area (Å²) in [7, 11) is -3.32. The predicted molar refractivity (Wildman–Crippen MR) is 127 cm³/mol. The van der Waals surface area contributed by atoms with Crippen LogP contribution in [0.25, 0.3) is 28.0 Å². The van der Waals surface area contributed by atoms with Gasteiger partial charge in [0.25, 0.3) is 0 Å². The first-order valence-corrected chi connectivity index (χ1v) is 12.4. The van der Waals surface area contributed by atoms with E-state index >= 15 is 0 Å². The molecular formula is C25H28N2O4S. The molecule has 32 heavy (non-hydrogen) atoms. The van der Waals surface area contributed by atoms with Crippen LogP contribution in [0.5, 0.6) is 0 Å². The van der Waals surface area contributed by atoms with Gasteiger partial charge >= 0.3 is 5.97 Å². The second-order valence-corrected chi connectivity index (χ2v) is 9.67. The molecule has 0 fully saturated rings. The van der Waals surface area contributed by atoms with E-state index in [2.05, 4.69) is 11.7 Å². The normalized spacial score (nSPS) is 11.4. The lowest BCUT2D eigenvalue weighted by atomic mass is 10.0. The highest BCUT2D eigenvalue weighted by Crippen LogP contribution is 2.29. The number of carbonyl (C=O) groups excluding carboxylic acids is 1. The van der Waals surface area contributed by atoms with E-state index in [1.807, 2.05) is 56.3 Å². The minimum atomic E-state index is -3.32. The first-order chi connectivity index (χ1) is 15.1. The maximum absolute atomic E-state index is 12.2. The molecule has 0 bridgehead atoms. The lowest BCUT2D eigenvalue weighted by molar-refractivity contribution is -0.144. The van der Waals surface area contributed by atoms with Gasteiger partial charge in [-0.05, 0) is 60.2 Å². The molecule has 168 valence electrons. The number of aryl methyl sites for hydroxylation is 1. The van der Waals surface area contributed by atoms with Gasteiger partial charge in [0.2, 0.25) is 0 Å². The molecule has 0 aliphatic heterocycles. The largest absolute Gasteiger partial charge is 0.465 e. The molecule has 0 radical (unpaired) electrons. The second-order valence-electron chi connectivity index (χ2n) is 7.68. The Morgan fingerprint density at radius 1 is 1.03 bits per heavy atom. The lowest BCUT2D eigenvalue weighted by Crippen LogP contribution is -2.15. The molecule has 0 saturated heterocycles. The van der Waals surface area contributed by atoms with Crippen LogP contribution in [-0.4, -0.2) is 37.0 Å². The van der Waals surface area contributed by atoms with Gasteiger partial charge in [-0.15, -0.1) is 0 Å². The Morgan fingerprint density at radius 3 is 2.22 bits per heavy atom. The Labute approximate surface area is 189 Å². The van der Waals surface area contributed by atoms with Crippen molar-refractivity contribution in [1.29, 1.82) is 0 Å². The highest BCUT2D eigenvalue weighted by atomic mass is 32.2. The highest BCUT2D eigenvalue weighted by Gasteiger charge is 2.16. The Balaban J connectivity index is 1.99. The van der Waals surface area contributed by atoms with Gasteiger partial charge in [0.05, 0.1) is 22.9 Å². The van der Waals surface area contributed by atoms with Crippen molar-refractivity contribution in [3.63, 3.8) is 0 Å². The van der Waals surface area contributed by atoms with E-state index in [0.717, 1.165) is 33.5 Å². The molecule has 0 spiro atoms. The molecule has 0 N–H and O–H groups in total. The molecule has 0 unspecified atom stereocenters. The average Bonchev–Trinajstić information content (AvgIpc) is 3.17. The molecule has 3 rings (SSSR count). The topological polar surface area (TPSA) is 78.3 Å². The van der Waals surface area contributed by atoms with E-state index < -0.39 is 9.84 Å². The molecule has 0 saturated carbocycles. The van der Waals surface area contributed by atoms with Gasteiger partial charge in [-0.3, -0.25) is 9.48 Å². The number of rotatable bonds is 8. The molecule has 1 heterocycles. The standard InChI is InChI=1S/C25H28N2O4S/c1-6-18-8-13-21(14-24(18)32(5,29)30)19-9-11-20(12-10-19)23-15-22(17(3)4)26-27(23)16-25(28)31-7-2/h8-15H,3,6-7,16H2,1-2,4-5H3. The summed E-state index contributed by atoms with van der Waals surface area (Å²) in [5, 5.41) is 4.50. The number of carbonyl (C=O) groups is 1. The molecule has 3 aromatic rings. The number of nitrogens with zero attached hydrogens (tertiary/aromatic N) is 2. The minimum absolute atomic E-state index is 0.00834. The zero-order valence-corrected chi connectivity index (χ0v) is 19.7. The van der Waals surface area contributed by atoms with Crippen molar-refractivity contribution < 1.29 is 17.9 Å². The van der Waals surface area contributed by atoms with Crippen molar-refractivity contribution in [3.05, 3.63) is 66.4 Å². The third-order valence-corrected chi connectivity index (χ3v) is 6.34. The SMILES string of the molecule is C=C(C)c1cc(-c2ccc(-c3ccc(CC)c(S(C)(=O)=O)c3)cc2)n(CC(=O)OCC)n1. The molecular weight excluding hydrogens is 424 g/mol. The molecule has 2 aromatic carbocycles. The fraction of sp³-hybridized carbons (Fsp3) is 0.280. The summed E-state index contributed by atoms with van der Waals surface area (Å²) in [6.07, 6.45) is 1.88. The summed E-state index contributed by atoms with van der Waals surface area (Å²) in [5.74, 6) is -0.356. The molecule has 6 nitrogen and oxygen atoms in total. The van der Waals surface area contributed by atoms with Gasteiger partial charge in [0.1, 0.15) is 6.54 Å². The molecule has 0 aliphatic carbocycles. The number of sulfone groups is 1. The van der Waals surface area contributed by atoms with E-state index in [0.29, 0.717) is 23.6 Å². The molecule has 0 aliphatic rings. The van der Waals surface area contributed by atoms with Gasteiger partial charge in [-0.2, -0.15) is 5.10 Å². The Kier molecular flexibility index (Phi) is 6.99. The van der Waals surface area contributed by atoms with E-state index in [-0.39, 0.29) is 12.5 Å². The molecule has 1 aromatic heterocycles. The maximum atomic E-state index is 12.2. The van der Waals surface area contributed by atoms with E-state index in [4.69, 9.17) is 4.74 Å². The Hall–Kier alpha value is -3.19. The first kappa shape index (κ1) is 23.5. The van der Waals surface area contributed by atoms with Crippen LogP contribution in [0.1, 0.15) is 32.0 Å². The van der Waals surface area contributed by atoms with Crippen LogP contribution in [0.2, 0.25) is 0 Å². The summed E-state index contributed by atoms with van der Waals surface area (Å²) in [6, 6.07) is 15.2. The fourth-order valence-electron chi connectivity index (χ4n) is 3.51. The van der Waals surface area contributed by atoms with Crippen LogP contribution in [0.4, 0.5) is 0 Å². The smallest absolute Gasteiger partial charge is 0.327 e. The summed E-state index contributed by atoms with van der Waals surface area (Å²) in [6.45, 7) is 9.83. The lowest BCUT2D eigenvalue weighted by Gasteiger charge is -2.11. The fourth-order valence-corrected chi connectivity index (χ4v) is 4.54. The third kappa shape index (κ3) is 5.16. The minimum Gasteiger partial charge on any atom is -0.465 e. The van der Waals surface area contributed by atoms with Crippen molar-refractivity contribution in [2.75, 3.05) is 12.9 Å². The monoisotopic (exact) mass is 452 g/mol. The number of esters is 1. The summed E-state index contributed by atoms with van der Waals surface area (Å²) >= 11 is 0. The van der Waals surface area contributed by atoms with E-state index in [9.17, 15) is 13.2 Å². The maximum Gasteiger partial charge on any atom is 0.327 e. The quantitative estimate of drug-likeness (QED) is 0.460. The zero-order valence-electron chi connectivity index (χ0n) is 18.9. The van der Waals surface area contributed by atoms with Crippen LogP contribution in [0.15, 0.2) is 60.0 Å². The second kappa shape index (κ2) is 9.53. The first-order valence-electron chi connectivity index (χ1n) is 10.5. The van der Waals surface area contributed by atoms with Crippen LogP contribution in [0.3, 0.4) is 0 Å². The van der Waals surface area contributed by atoms with Crippen LogP contribution < -0.4 is 0 Å². The number of hydrogen-bond donors (Lipinski definition) is 0. The number of aromatic nitrogens is 2. The van der Waals surface area contributed by atoms with E-state index in [1.54, 1.807) is 17.7 Å². The molecule has 7 heteroatoms. The van der Waals surface area contributed by atoms with Gasteiger partial charge < -0.3 is 4.74 Å². The zero-order chi connectivity index (χ0) is 23.5. The summed E-state index contributed by atoms with van der Waals surface area (Å²) in [5.41, 5.74) is 5.71. The Bertz CT molecular complexity index is 1260. The average molecular weight is 453 g/mol. The summed E-state index contributed by atoms with van der Waals surface area (Å²) < 4.78 is 31.1. The number of ether oxygens (including phenoxy) is 1. The highest BCUT2D eigenvalue weighted by molar-refractivity contribution is 7.90. The van der Waals surface area contributed by atoms with Gasteiger partial charge in [-0.25, -0.2) is 8.42 Å². The van der Waals surface area contributed by atoms with Crippen LogP contribution in [-0.2, 0) is 32.3 Å². The third-order valence-electron chi connectivity index (χ3n) is 5.16. The van der Waals surface area contributed by atoms with Crippen molar-refractivity contribution >= 4 is 21.4 Å². The van der Waals surface area contributed by atoms with Crippen LogP contribution >= 0.6 is 0 Å². The predicted octanol–water partition coefficient (Wildman–Crippen LogP) is 4.78. The van der Waals surface area contributed by atoms with Gasteiger partial charge in [0.15, 0.2) is 9.84 Å². The number of hydrogen-bond acceptors (Lipinski definition) is 5.